The molecule has 8 rings (SSSR count). The van der Waals surface area contributed by atoms with Crippen molar-refractivity contribution in [2.24, 2.45) is 0 Å². The van der Waals surface area contributed by atoms with E-state index < -0.39 is 0 Å². The van der Waals surface area contributed by atoms with Crippen LogP contribution in [-0.4, -0.2) is 71.3 Å². The summed E-state index contributed by atoms with van der Waals surface area (Å²) in [6.45, 7) is 3.77. The van der Waals surface area contributed by atoms with E-state index >= 15 is 0 Å². The Labute approximate surface area is 326 Å². The number of ether oxygens (including phenoxy) is 4. The summed E-state index contributed by atoms with van der Waals surface area (Å²) in [5.41, 5.74) is 3.88. The molecule has 56 heavy (non-hydrogen) atoms. The molecule has 4 aromatic carbocycles. The van der Waals surface area contributed by atoms with Crippen LogP contribution >= 0.6 is 0 Å². The Balaban J connectivity index is 1.18. The minimum absolute atomic E-state index is 0.591. The average Bonchev–Trinajstić information content (AvgIpc) is 3.25. The highest BCUT2D eigenvalue weighted by molar-refractivity contribution is 5.88. The Morgan fingerprint density at radius 1 is 0.357 bits per heavy atom. The quantitative estimate of drug-likeness (QED) is 0.102. The van der Waals surface area contributed by atoms with Crippen molar-refractivity contribution in [3.63, 3.8) is 0 Å². The fourth-order valence-electron chi connectivity index (χ4n) is 7.40. The van der Waals surface area contributed by atoms with Gasteiger partial charge in [-0.25, -0.2) is 0 Å². The first kappa shape index (κ1) is 36.6. The lowest BCUT2D eigenvalue weighted by Crippen LogP contribution is -2.35. The zero-order chi connectivity index (χ0) is 38.4. The lowest BCUT2D eigenvalue weighted by Gasteiger charge is -2.28. The summed E-state index contributed by atoms with van der Waals surface area (Å²) in [6.07, 6.45) is 7.54. The lowest BCUT2D eigenvalue weighted by atomic mass is 10.1. The Morgan fingerprint density at radius 2 is 0.607 bits per heavy atom. The molecule has 0 spiro atoms. The van der Waals surface area contributed by atoms with Gasteiger partial charge in [0, 0.05) is 85.6 Å². The number of hydrogen-bond acceptors (Lipinski definition) is 10. The molecule has 0 amide bonds. The molecule has 282 valence electrons. The SMILES string of the molecule is COc1ccc2ccnc(CN(CCN(Cc3nccc4ccc(OC)cc34)Cc3nccc4ccc(OC)cc34)Cc3nccc4ccc(OC)cc34)c2c1. The van der Waals surface area contributed by atoms with Crippen LogP contribution in [0.25, 0.3) is 43.1 Å². The van der Waals surface area contributed by atoms with Crippen LogP contribution in [-0.2, 0) is 26.2 Å². The monoisotopic (exact) mass is 744 g/mol. The van der Waals surface area contributed by atoms with Gasteiger partial charge in [-0.15, -0.1) is 0 Å². The Bertz CT molecular complexity index is 2290. The van der Waals surface area contributed by atoms with Crippen LogP contribution in [0.3, 0.4) is 0 Å². The molecule has 0 fully saturated rings. The molecule has 0 N–H and O–H groups in total. The number of rotatable bonds is 15. The summed E-state index contributed by atoms with van der Waals surface area (Å²) in [5.74, 6) is 3.19. The fourth-order valence-corrected chi connectivity index (χ4v) is 7.40. The van der Waals surface area contributed by atoms with Crippen molar-refractivity contribution in [2.45, 2.75) is 26.2 Å². The molecule has 0 aliphatic rings. The second kappa shape index (κ2) is 16.6. The number of fused-ring (bicyclic) bond motifs is 4. The summed E-state index contributed by atoms with van der Waals surface area (Å²) >= 11 is 0. The van der Waals surface area contributed by atoms with Gasteiger partial charge in [0.15, 0.2) is 0 Å². The van der Waals surface area contributed by atoms with Crippen molar-refractivity contribution in [1.29, 1.82) is 0 Å². The Morgan fingerprint density at radius 3 is 0.839 bits per heavy atom. The van der Waals surface area contributed by atoms with Crippen molar-refractivity contribution in [1.82, 2.24) is 29.7 Å². The zero-order valence-corrected chi connectivity index (χ0v) is 32.1. The van der Waals surface area contributed by atoms with Crippen LogP contribution in [0.2, 0.25) is 0 Å². The molecule has 4 aromatic heterocycles. The summed E-state index contributed by atoms with van der Waals surface area (Å²) in [5, 5.41) is 8.68. The van der Waals surface area contributed by atoms with E-state index in [-0.39, 0.29) is 0 Å². The standard InChI is InChI=1S/C46H44N6O4/c1-53-35-9-5-31-13-17-47-43(39(31)23-35)27-51(28-44-40-24-36(54-2)10-6-32(40)14-18-48-44)21-22-52(29-45-41-25-37(55-3)11-7-33(41)15-19-49-45)30-46-42-26-38(56-4)12-8-34(42)16-20-50-46/h5-20,23-26H,21-22,27-30H2,1-4H3. The topological polar surface area (TPSA) is 95.0 Å². The summed E-state index contributed by atoms with van der Waals surface area (Å²) in [7, 11) is 6.78. The van der Waals surface area contributed by atoms with Crippen molar-refractivity contribution >= 4 is 43.1 Å². The maximum absolute atomic E-state index is 5.63. The number of aromatic nitrogens is 4. The molecule has 0 saturated carbocycles. The highest BCUT2D eigenvalue weighted by Gasteiger charge is 2.19. The normalized spacial score (nSPS) is 11.6. The summed E-state index contributed by atoms with van der Waals surface area (Å²) in [4.78, 5) is 24.5. The van der Waals surface area contributed by atoms with Crippen molar-refractivity contribution in [3.05, 3.63) is 145 Å². The lowest BCUT2D eigenvalue weighted by molar-refractivity contribution is 0.179. The van der Waals surface area contributed by atoms with Crippen LogP contribution in [0.1, 0.15) is 22.8 Å². The minimum atomic E-state index is 0.591. The van der Waals surface area contributed by atoms with Crippen LogP contribution in [0.4, 0.5) is 0 Å². The highest BCUT2D eigenvalue weighted by atomic mass is 16.5. The Hall–Kier alpha value is -6.36. The first-order valence-corrected chi connectivity index (χ1v) is 18.6. The number of benzene rings is 4. The summed E-state index contributed by atoms with van der Waals surface area (Å²) in [6, 6.07) is 32.8. The molecule has 0 atom stereocenters. The van der Waals surface area contributed by atoms with E-state index in [0.29, 0.717) is 39.3 Å². The molecular formula is C46H44N6O4. The molecule has 8 aromatic rings. The predicted octanol–water partition coefficient (Wildman–Crippen LogP) is 8.62. The zero-order valence-electron chi connectivity index (χ0n) is 32.1. The van der Waals surface area contributed by atoms with E-state index in [4.69, 9.17) is 38.9 Å². The van der Waals surface area contributed by atoms with Crippen LogP contribution in [0.5, 0.6) is 23.0 Å². The fraction of sp³-hybridized carbons (Fsp3) is 0.217. The van der Waals surface area contributed by atoms with Gasteiger partial charge >= 0.3 is 0 Å². The van der Waals surface area contributed by atoms with Gasteiger partial charge in [-0.3, -0.25) is 29.7 Å². The number of pyridine rings is 4. The molecule has 0 bridgehead atoms. The van der Waals surface area contributed by atoms with Gasteiger partial charge < -0.3 is 18.9 Å². The van der Waals surface area contributed by atoms with Crippen LogP contribution < -0.4 is 18.9 Å². The third kappa shape index (κ3) is 7.89. The molecule has 10 heteroatoms. The van der Waals surface area contributed by atoms with Gasteiger partial charge in [-0.2, -0.15) is 0 Å². The molecule has 4 heterocycles. The van der Waals surface area contributed by atoms with Gasteiger partial charge in [0.2, 0.25) is 0 Å². The van der Waals surface area contributed by atoms with Gasteiger partial charge in [0.25, 0.3) is 0 Å². The maximum Gasteiger partial charge on any atom is 0.119 e. The molecule has 10 nitrogen and oxygen atoms in total. The Kier molecular flexibility index (Phi) is 10.8. The smallest absolute Gasteiger partial charge is 0.119 e. The number of methoxy groups -OCH3 is 4. The first-order chi connectivity index (χ1) is 27.5. The third-order valence-electron chi connectivity index (χ3n) is 10.4. The van der Waals surface area contributed by atoms with Gasteiger partial charge in [0.05, 0.1) is 51.2 Å². The van der Waals surface area contributed by atoms with E-state index in [1.165, 1.54) is 0 Å². The maximum atomic E-state index is 5.63. The molecular weight excluding hydrogens is 701 g/mol. The third-order valence-corrected chi connectivity index (χ3v) is 10.4. The average molecular weight is 745 g/mol. The van der Waals surface area contributed by atoms with Crippen LogP contribution in [0, 0.1) is 0 Å². The van der Waals surface area contributed by atoms with E-state index in [1.54, 1.807) is 28.4 Å². The van der Waals surface area contributed by atoms with Crippen molar-refractivity contribution in [3.8, 4) is 23.0 Å². The molecule has 0 aliphatic carbocycles. The van der Waals surface area contributed by atoms with E-state index in [2.05, 4.69) is 58.3 Å². The second-order valence-electron chi connectivity index (χ2n) is 13.8. The molecule has 0 unspecified atom stereocenters. The van der Waals surface area contributed by atoms with Crippen LogP contribution in [0.15, 0.2) is 122 Å². The van der Waals surface area contributed by atoms with Crippen molar-refractivity contribution < 1.29 is 18.9 Å². The summed E-state index contributed by atoms with van der Waals surface area (Å²) < 4.78 is 22.5. The first-order valence-electron chi connectivity index (χ1n) is 18.6. The van der Waals surface area contributed by atoms with E-state index in [0.717, 1.165) is 88.9 Å². The molecule has 0 radical (unpaired) electrons. The van der Waals surface area contributed by atoms with Crippen molar-refractivity contribution in [2.75, 3.05) is 41.5 Å². The largest absolute Gasteiger partial charge is 0.497 e. The second-order valence-corrected chi connectivity index (χ2v) is 13.8. The number of nitrogens with zero attached hydrogens (tertiary/aromatic N) is 6. The molecule has 0 aliphatic heterocycles. The van der Waals surface area contributed by atoms with Gasteiger partial charge in [-0.05, 0) is 94.3 Å². The number of hydrogen-bond donors (Lipinski definition) is 0. The minimum Gasteiger partial charge on any atom is -0.497 e. The highest BCUT2D eigenvalue weighted by Crippen LogP contribution is 2.29. The van der Waals surface area contributed by atoms with Gasteiger partial charge in [-0.1, -0.05) is 24.3 Å². The van der Waals surface area contributed by atoms with E-state index in [9.17, 15) is 0 Å². The van der Waals surface area contributed by atoms with E-state index in [1.807, 2.05) is 73.3 Å². The molecule has 0 saturated heterocycles. The van der Waals surface area contributed by atoms with Gasteiger partial charge in [0.1, 0.15) is 23.0 Å². The predicted molar refractivity (Wildman–Crippen MR) is 221 cm³/mol.